The van der Waals surface area contributed by atoms with Crippen LogP contribution in [0.15, 0.2) is 0 Å². The summed E-state index contributed by atoms with van der Waals surface area (Å²) in [7, 11) is 1.79. The Morgan fingerprint density at radius 2 is 0.974 bits per heavy atom. The first kappa shape index (κ1) is 38.6. The Morgan fingerprint density at radius 3 is 1.36 bits per heavy atom. The van der Waals surface area contributed by atoms with Gasteiger partial charge in [0.25, 0.3) is 0 Å². The summed E-state index contributed by atoms with van der Waals surface area (Å²) in [5.74, 6) is 0.807. The summed E-state index contributed by atoms with van der Waals surface area (Å²) in [5.41, 5.74) is 0. The summed E-state index contributed by atoms with van der Waals surface area (Å²) >= 11 is 0. The van der Waals surface area contributed by atoms with Crippen LogP contribution in [0.4, 0.5) is 0 Å². The molecular weight excluding hydrogens is 480 g/mol. The van der Waals surface area contributed by atoms with Gasteiger partial charge in [-0.1, -0.05) is 162 Å². The Kier molecular flexibility index (Phi) is 30.2. The molecule has 0 heterocycles. The molecule has 0 spiro atoms. The second kappa shape index (κ2) is 30.5. The minimum absolute atomic E-state index is 0.249. The molecule has 39 heavy (non-hydrogen) atoms. The van der Waals surface area contributed by atoms with Crippen molar-refractivity contribution >= 4 is 5.78 Å². The van der Waals surface area contributed by atoms with Gasteiger partial charge in [0.15, 0.2) is 0 Å². The van der Waals surface area contributed by atoms with E-state index in [2.05, 4.69) is 20.8 Å². The molecule has 0 aromatic carbocycles. The van der Waals surface area contributed by atoms with Gasteiger partial charge in [-0.2, -0.15) is 0 Å². The van der Waals surface area contributed by atoms with Crippen LogP contribution in [-0.4, -0.2) is 30.2 Å². The lowest BCUT2D eigenvalue weighted by molar-refractivity contribution is -0.121. The zero-order valence-corrected chi connectivity index (χ0v) is 27.3. The lowest BCUT2D eigenvalue weighted by Crippen LogP contribution is -2.19. The first-order chi connectivity index (χ1) is 19.0. The Morgan fingerprint density at radius 1 is 0.590 bits per heavy atom. The summed E-state index contributed by atoms with van der Waals surface area (Å²) in [6.07, 6.45) is 34.9. The minimum Gasteiger partial charge on any atom is -0.393 e. The smallest absolute Gasteiger partial charge is 0.135 e. The monoisotopic (exact) mass is 553 g/mol. The van der Waals surface area contributed by atoms with E-state index in [1.165, 1.54) is 122 Å². The van der Waals surface area contributed by atoms with Gasteiger partial charge in [-0.25, -0.2) is 0 Å². The summed E-state index contributed by atoms with van der Waals surface area (Å²) in [6, 6.07) is 0. The van der Waals surface area contributed by atoms with E-state index < -0.39 is 6.10 Å². The van der Waals surface area contributed by atoms with Crippen LogP contribution in [0.3, 0.4) is 0 Å². The number of hydrogen-bond acceptors (Lipinski definition) is 3. The molecule has 0 aromatic rings. The highest BCUT2D eigenvalue weighted by Crippen LogP contribution is 2.19. The van der Waals surface area contributed by atoms with E-state index in [9.17, 15) is 9.90 Å². The Hall–Kier alpha value is -0.410. The molecule has 1 N–H and O–H groups in total. The Bertz CT molecular complexity index is 488. The summed E-state index contributed by atoms with van der Waals surface area (Å²) in [5, 5.41) is 10.2. The summed E-state index contributed by atoms with van der Waals surface area (Å²) < 4.78 is 5.52. The Balaban J connectivity index is 3.33. The molecule has 0 unspecified atom stereocenters. The molecule has 234 valence electrons. The van der Waals surface area contributed by atoms with E-state index >= 15 is 0 Å². The van der Waals surface area contributed by atoms with Crippen molar-refractivity contribution in [3.8, 4) is 0 Å². The third-order valence-electron chi connectivity index (χ3n) is 8.81. The molecular formula is C36H72O3. The molecule has 3 heteroatoms. The average molecular weight is 553 g/mol. The van der Waals surface area contributed by atoms with Gasteiger partial charge >= 0.3 is 0 Å². The van der Waals surface area contributed by atoms with Gasteiger partial charge in [-0.15, -0.1) is 0 Å². The zero-order valence-electron chi connectivity index (χ0n) is 27.3. The topological polar surface area (TPSA) is 46.5 Å². The van der Waals surface area contributed by atoms with E-state index in [0.29, 0.717) is 24.9 Å². The molecule has 0 aromatic heterocycles. The highest BCUT2D eigenvalue weighted by atomic mass is 16.5. The lowest BCUT2D eigenvalue weighted by Gasteiger charge is -2.21. The van der Waals surface area contributed by atoms with Gasteiger partial charge < -0.3 is 9.84 Å². The van der Waals surface area contributed by atoms with E-state index in [0.717, 1.165) is 44.9 Å². The SMILES string of the molecule is CCCCCCCCCCCCCCCCCCCCCCCC(=O)C[C@H](O)CCCC[C@H](C)[C@@H](CC)OC. The normalized spacial score (nSPS) is 14.0. The van der Waals surface area contributed by atoms with Crippen molar-refractivity contribution in [1.82, 2.24) is 0 Å². The first-order valence-electron chi connectivity index (χ1n) is 17.8. The molecule has 0 saturated carbocycles. The molecule has 0 radical (unpaired) electrons. The Labute approximate surface area is 246 Å². The zero-order chi connectivity index (χ0) is 28.8. The van der Waals surface area contributed by atoms with E-state index in [4.69, 9.17) is 4.74 Å². The number of carbonyl (C=O) groups is 1. The van der Waals surface area contributed by atoms with Gasteiger partial charge in [0, 0.05) is 20.0 Å². The van der Waals surface area contributed by atoms with Crippen molar-refractivity contribution in [3.05, 3.63) is 0 Å². The summed E-state index contributed by atoms with van der Waals surface area (Å²) in [4.78, 5) is 12.2. The standard InChI is InChI=1S/C36H72O3/c1-5-7-8-9-10-11-12-13-14-15-16-17-18-19-20-21-22-23-24-25-26-30-34(37)32-35(38)31-28-27-29-33(3)36(6-2)39-4/h33,35-36,38H,5-32H2,1-4H3/t33-,35+,36+/m0/s1. The van der Waals surface area contributed by atoms with Crippen LogP contribution in [0.25, 0.3) is 0 Å². The van der Waals surface area contributed by atoms with Crippen molar-refractivity contribution in [2.45, 2.75) is 213 Å². The third kappa shape index (κ3) is 27.5. The molecule has 0 rings (SSSR count). The highest BCUT2D eigenvalue weighted by molar-refractivity contribution is 5.78. The molecule has 3 atom stereocenters. The highest BCUT2D eigenvalue weighted by Gasteiger charge is 2.15. The largest absolute Gasteiger partial charge is 0.393 e. The fraction of sp³-hybridized carbons (Fsp3) is 0.972. The second-order valence-electron chi connectivity index (χ2n) is 12.7. The number of ether oxygens (including phenoxy) is 1. The number of Topliss-reactive ketones (excluding diaryl/α,β-unsaturated/α-hetero) is 1. The first-order valence-corrected chi connectivity index (χ1v) is 17.8. The number of aliphatic hydroxyl groups is 1. The number of unbranched alkanes of at least 4 members (excludes halogenated alkanes) is 21. The lowest BCUT2D eigenvalue weighted by atomic mass is 9.94. The van der Waals surface area contributed by atoms with Crippen LogP contribution in [0.2, 0.25) is 0 Å². The minimum atomic E-state index is -0.452. The predicted molar refractivity (Wildman–Crippen MR) is 172 cm³/mol. The van der Waals surface area contributed by atoms with Crippen molar-refractivity contribution in [3.63, 3.8) is 0 Å². The molecule has 0 aliphatic rings. The number of methoxy groups -OCH3 is 1. The summed E-state index contributed by atoms with van der Waals surface area (Å²) in [6.45, 7) is 6.71. The fourth-order valence-electron chi connectivity index (χ4n) is 6.05. The van der Waals surface area contributed by atoms with Crippen LogP contribution in [0.5, 0.6) is 0 Å². The maximum absolute atomic E-state index is 12.2. The van der Waals surface area contributed by atoms with Crippen LogP contribution >= 0.6 is 0 Å². The maximum Gasteiger partial charge on any atom is 0.135 e. The van der Waals surface area contributed by atoms with Gasteiger partial charge in [-0.05, 0) is 31.6 Å². The molecule has 0 aliphatic heterocycles. The average Bonchev–Trinajstić information content (AvgIpc) is 2.92. The van der Waals surface area contributed by atoms with Crippen LogP contribution < -0.4 is 0 Å². The van der Waals surface area contributed by atoms with Crippen molar-refractivity contribution in [2.24, 2.45) is 5.92 Å². The molecule has 0 saturated heterocycles. The number of ketones is 1. The van der Waals surface area contributed by atoms with Gasteiger partial charge in [0.1, 0.15) is 5.78 Å². The van der Waals surface area contributed by atoms with Crippen LogP contribution in [0.1, 0.15) is 201 Å². The van der Waals surface area contributed by atoms with Crippen molar-refractivity contribution in [1.29, 1.82) is 0 Å². The quantitative estimate of drug-likeness (QED) is 0.0844. The third-order valence-corrected chi connectivity index (χ3v) is 8.81. The second-order valence-corrected chi connectivity index (χ2v) is 12.7. The van der Waals surface area contributed by atoms with Gasteiger partial charge in [-0.3, -0.25) is 4.79 Å². The van der Waals surface area contributed by atoms with Gasteiger partial charge in [0.2, 0.25) is 0 Å². The van der Waals surface area contributed by atoms with E-state index in [-0.39, 0.29) is 5.78 Å². The van der Waals surface area contributed by atoms with Crippen molar-refractivity contribution < 1.29 is 14.6 Å². The molecule has 0 aliphatic carbocycles. The predicted octanol–water partition coefficient (Wildman–Crippen LogP) is 11.5. The van der Waals surface area contributed by atoms with E-state index in [1.54, 1.807) is 7.11 Å². The molecule has 0 amide bonds. The molecule has 3 nitrogen and oxygen atoms in total. The number of rotatable bonds is 32. The number of hydrogen-bond donors (Lipinski definition) is 1. The fourth-order valence-corrected chi connectivity index (χ4v) is 6.05. The molecule has 0 bridgehead atoms. The van der Waals surface area contributed by atoms with E-state index in [1.807, 2.05) is 0 Å². The van der Waals surface area contributed by atoms with Crippen LogP contribution in [-0.2, 0) is 9.53 Å². The number of carbonyl (C=O) groups excluding carboxylic acids is 1. The van der Waals surface area contributed by atoms with Crippen LogP contribution in [0, 0.1) is 5.92 Å². The maximum atomic E-state index is 12.2. The van der Waals surface area contributed by atoms with Crippen molar-refractivity contribution in [2.75, 3.05) is 7.11 Å². The molecule has 0 fully saturated rings. The number of aliphatic hydroxyl groups excluding tert-OH is 1. The van der Waals surface area contributed by atoms with Gasteiger partial charge in [0.05, 0.1) is 12.2 Å².